The Hall–Kier alpha value is -1.91. The van der Waals surface area contributed by atoms with Crippen LogP contribution >= 0.6 is 0 Å². The molecule has 2 aromatic rings. The Morgan fingerprint density at radius 2 is 2.10 bits per heavy atom. The summed E-state index contributed by atoms with van der Waals surface area (Å²) in [5.41, 5.74) is 1.50. The molecule has 2 heterocycles. The molecule has 2 aromatic heterocycles. The predicted octanol–water partition coefficient (Wildman–Crippen LogP) is 2.96. The second-order valence-electron chi connectivity index (χ2n) is 5.78. The van der Waals surface area contributed by atoms with Crippen molar-refractivity contribution in [3.05, 3.63) is 30.1 Å². The summed E-state index contributed by atoms with van der Waals surface area (Å²) in [6.07, 6.45) is 7.13. The van der Waals surface area contributed by atoms with E-state index in [1.165, 1.54) is 25.7 Å². The summed E-state index contributed by atoms with van der Waals surface area (Å²) < 4.78 is 1.74. The summed E-state index contributed by atoms with van der Waals surface area (Å²) in [6.45, 7) is 5.22. The van der Waals surface area contributed by atoms with Crippen LogP contribution < -0.4 is 5.32 Å². The zero-order valence-electron chi connectivity index (χ0n) is 12.1. The summed E-state index contributed by atoms with van der Waals surface area (Å²) in [7, 11) is 0. The van der Waals surface area contributed by atoms with E-state index in [2.05, 4.69) is 27.5 Å². The van der Waals surface area contributed by atoms with Gasteiger partial charge in [-0.05, 0) is 49.8 Å². The smallest absolute Gasteiger partial charge is 0.175 e. The summed E-state index contributed by atoms with van der Waals surface area (Å²) in [5.74, 6) is 1.60. The largest absolute Gasteiger partial charge is 0.368 e. The van der Waals surface area contributed by atoms with Gasteiger partial charge >= 0.3 is 0 Å². The van der Waals surface area contributed by atoms with Gasteiger partial charge in [-0.1, -0.05) is 13.3 Å². The number of rotatable bonds is 6. The maximum atomic E-state index is 4.32. The van der Waals surface area contributed by atoms with Gasteiger partial charge in [-0.25, -0.2) is 4.68 Å². The third-order valence-electron chi connectivity index (χ3n) is 3.99. The maximum Gasteiger partial charge on any atom is 0.175 e. The average molecular weight is 271 g/mol. The van der Waals surface area contributed by atoms with Crippen LogP contribution in [0.15, 0.2) is 24.4 Å². The number of anilines is 1. The van der Waals surface area contributed by atoms with E-state index >= 15 is 0 Å². The molecule has 106 valence electrons. The van der Waals surface area contributed by atoms with Crippen LogP contribution in [0.1, 0.15) is 38.3 Å². The lowest BCUT2D eigenvalue weighted by atomic mass is 10.0. The molecule has 0 bridgehead atoms. The fraction of sp³-hybridized carbons (Fsp3) is 0.533. The molecule has 1 aliphatic rings. The minimum Gasteiger partial charge on any atom is -0.368 e. The fourth-order valence-corrected chi connectivity index (χ4v) is 2.58. The Bertz CT molecular complexity index is 568. The first-order valence-corrected chi connectivity index (χ1v) is 7.31. The summed E-state index contributed by atoms with van der Waals surface area (Å²) in [6, 6.07) is 5.87. The molecule has 1 fully saturated rings. The molecular weight excluding hydrogens is 250 g/mol. The van der Waals surface area contributed by atoms with Gasteiger partial charge in [-0.2, -0.15) is 5.10 Å². The molecule has 0 atom stereocenters. The number of hydrogen-bond acceptors (Lipinski definition) is 4. The number of aryl methyl sites for hydroxylation is 1. The summed E-state index contributed by atoms with van der Waals surface area (Å²) >= 11 is 0. The molecule has 3 rings (SSSR count). The quantitative estimate of drug-likeness (QED) is 0.877. The molecule has 1 saturated carbocycles. The van der Waals surface area contributed by atoms with Gasteiger partial charge in [0.1, 0.15) is 5.82 Å². The number of hydrogen-bond donors (Lipinski definition) is 1. The minimum absolute atomic E-state index is 0.522. The van der Waals surface area contributed by atoms with E-state index in [1.54, 1.807) is 4.68 Å². The lowest BCUT2D eigenvalue weighted by Crippen LogP contribution is -2.16. The first kappa shape index (κ1) is 13.1. The van der Waals surface area contributed by atoms with E-state index < -0.39 is 0 Å². The van der Waals surface area contributed by atoms with Gasteiger partial charge in [0, 0.05) is 12.7 Å². The predicted molar refractivity (Wildman–Crippen MR) is 79.0 cm³/mol. The van der Waals surface area contributed by atoms with Crippen molar-refractivity contribution in [2.24, 2.45) is 5.41 Å². The van der Waals surface area contributed by atoms with E-state index in [0.29, 0.717) is 5.41 Å². The second-order valence-corrected chi connectivity index (χ2v) is 5.78. The third kappa shape index (κ3) is 2.81. The number of nitrogens with one attached hydrogen (secondary N) is 1. The third-order valence-corrected chi connectivity index (χ3v) is 3.99. The maximum absolute atomic E-state index is 4.32. The highest BCUT2D eigenvalue weighted by Gasteiger charge is 2.41. The van der Waals surface area contributed by atoms with Gasteiger partial charge in [0.05, 0.1) is 5.69 Å². The zero-order valence-corrected chi connectivity index (χ0v) is 12.1. The molecular formula is C15H21N5. The lowest BCUT2D eigenvalue weighted by Gasteiger charge is -2.14. The van der Waals surface area contributed by atoms with Crippen LogP contribution in [0, 0.1) is 12.3 Å². The van der Waals surface area contributed by atoms with Crippen molar-refractivity contribution in [2.45, 2.75) is 39.5 Å². The van der Waals surface area contributed by atoms with Crippen LogP contribution in [0.3, 0.4) is 0 Å². The van der Waals surface area contributed by atoms with Crippen LogP contribution in [0.4, 0.5) is 5.82 Å². The monoisotopic (exact) mass is 271 g/mol. The van der Waals surface area contributed by atoms with Gasteiger partial charge < -0.3 is 5.32 Å². The van der Waals surface area contributed by atoms with Gasteiger partial charge in [-0.3, -0.25) is 0 Å². The Kier molecular flexibility index (Phi) is 3.42. The van der Waals surface area contributed by atoms with E-state index in [4.69, 9.17) is 0 Å². The van der Waals surface area contributed by atoms with Gasteiger partial charge in [0.2, 0.25) is 0 Å². The average Bonchev–Trinajstić information content (AvgIpc) is 3.09. The SMILES string of the molecule is CCCC1(CNc2ccc(-n3ccc(C)n3)nn2)CC1. The minimum atomic E-state index is 0.522. The first-order valence-electron chi connectivity index (χ1n) is 7.31. The molecule has 0 amide bonds. The van der Waals surface area contributed by atoms with Crippen LogP contribution in [0.25, 0.3) is 5.82 Å². The molecule has 0 radical (unpaired) electrons. The van der Waals surface area contributed by atoms with E-state index in [1.807, 2.05) is 31.3 Å². The Morgan fingerprint density at radius 3 is 2.65 bits per heavy atom. The first-order chi connectivity index (χ1) is 9.71. The lowest BCUT2D eigenvalue weighted by molar-refractivity contribution is 0.485. The van der Waals surface area contributed by atoms with Crippen LogP contribution in [0.2, 0.25) is 0 Å². The highest BCUT2D eigenvalue weighted by molar-refractivity contribution is 5.36. The van der Waals surface area contributed by atoms with E-state index in [-0.39, 0.29) is 0 Å². The topological polar surface area (TPSA) is 55.6 Å². The summed E-state index contributed by atoms with van der Waals surface area (Å²) in [5, 5.41) is 16.2. The molecule has 0 spiro atoms. The van der Waals surface area contributed by atoms with Gasteiger partial charge in [0.25, 0.3) is 0 Å². The van der Waals surface area contributed by atoms with Gasteiger partial charge in [-0.15, -0.1) is 10.2 Å². The molecule has 5 heteroatoms. The van der Waals surface area contributed by atoms with Crippen molar-refractivity contribution in [1.29, 1.82) is 0 Å². The Morgan fingerprint density at radius 1 is 1.25 bits per heavy atom. The highest BCUT2D eigenvalue weighted by atomic mass is 15.3. The van der Waals surface area contributed by atoms with Crippen molar-refractivity contribution >= 4 is 5.82 Å². The van der Waals surface area contributed by atoms with Crippen LogP contribution in [0.5, 0.6) is 0 Å². The number of aromatic nitrogens is 4. The molecule has 5 nitrogen and oxygen atoms in total. The Labute approximate surface area is 119 Å². The normalized spacial score (nSPS) is 16.1. The van der Waals surface area contributed by atoms with Crippen molar-refractivity contribution in [1.82, 2.24) is 20.0 Å². The zero-order chi connectivity index (χ0) is 14.0. The molecule has 0 aliphatic heterocycles. The molecule has 1 N–H and O–H groups in total. The van der Waals surface area contributed by atoms with Crippen molar-refractivity contribution in [3.8, 4) is 5.82 Å². The van der Waals surface area contributed by atoms with Crippen LogP contribution in [-0.4, -0.2) is 26.5 Å². The second kappa shape index (κ2) is 5.23. The molecule has 1 aliphatic carbocycles. The standard InChI is InChI=1S/C15H21N5/c1-3-7-15(8-9-15)11-16-13-4-5-14(18-17-13)20-10-6-12(2)19-20/h4-6,10H,3,7-9,11H2,1-2H3,(H,16,17). The van der Waals surface area contributed by atoms with Crippen molar-refractivity contribution in [3.63, 3.8) is 0 Å². The molecule has 20 heavy (non-hydrogen) atoms. The Balaban J connectivity index is 1.62. The van der Waals surface area contributed by atoms with E-state index in [9.17, 15) is 0 Å². The van der Waals surface area contributed by atoms with Crippen molar-refractivity contribution in [2.75, 3.05) is 11.9 Å². The summed E-state index contributed by atoms with van der Waals surface area (Å²) in [4.78, 5) is 0. The van der Waals surface area contributed by atoms with Crippen LogP contribution in [-0.2, 0) is 0 Å². The molecule has 0 unspecified atom stereocenters. The molecule has 0 saturated heterocycles. The van der Waals surface area contributed by atoms with E-state index in [0.717, 1.165) is 23.9 Å². The van der Waals surface area contributed by atoms with Gasteiger partial charge in [0.15, 0.2) is 5.82 Å². The number of nitrogens with zero attached hydrogens (tertiary/aromatic N) is 4. The highest BCUT2D eigenvalue weighted by Crippen LogP contribution is 2.49. The molecule has 0 aromatic carbocycles. The van der Waals surface area contributed by atoms with Crippen molar-refractivity contribution < 1.29 is 0 Å². The fourth-order valence-electron chi connectivity index (χ4n) is 2.58.